The maximum absolute atomic E-state index is 10.8. The first kappa shape index (κ1) is 22.6. The Morgan fingerprint density at radius 2 is 1.73 bits per heavy atom. The highest BCUT2D eigenvalue weighted by Crippen LogP contribution is 2.26. The normalized spacial score (nSPS) is 14.1. The monoisotopic (exact) mass is 445 g/mol. The van der Waals surface area contributed by atoms with Gasteiger partial charge in [-0.25, -0.2) is 0 Å². The Morgan fingerprint density at radius 3 is 2.45 bits per heavy atom. The number of benzene rings is 2. The van der Waals surface area contributed by atoms with E-state index in [2.05, 4.69) is 53.9 Å². The van der Waals surface area contributed by atoms with Crippen molar-refractivity contribution in [2.75, 3.05) is 45.3 Å². The Bertz CT molecular complexity index is 1180. The third-order valence-electron chi connectivity index (χ3n) is 5.47. The van der Waals surface area contributed by atoms with Crippen LogP contribution in [-0.4, -0.2) is 66.7 Å². The number of pyridine rings is 1. The molecule has 0 bridgehead atoms. The first-order valence-corrected chi connectivity index (χ1v) is 10.8. The Hall–Kier alpha value is -3.62. The molecule has 1 saturated heterocycles. The van der Waals surface area contributed by atoms with Gasteiger partial charge in [-0.05, 0) is 24.3 Å². The summed E-state index contributed by atoms with van der Waals surface area (Å²) in [5.41, 5.74) is 3.70. The Kier molecular flexibility index (Phi) is 7.39. The third-order valence-corrected chi connectivity index (χ3v) is 5.47. The average molecular weight is 446 g/mol. The molecule has 2 aromatic carbocycles. The van der Waals surface area contributed by atoms with Gasteiger partial charge in [0.25, 0.3) is 5.89 Å². The van der Waals surface area contributed by atoms with E-state index in [9.17, 15) is 4.79 Å². The van der Waals surface area contributed by atoms with E-state index < -0.39 is 0 Å². The quantitative estimate of drug-likeness (QED) is 0.430. The standard InChI is InChI=1S/C23H21N5O2.C2H6O/c29-16-17-5-7-18(8-6-17)23-25-22(26-30-23)15-27-11-13-28(14-12-27)21-9-10-24-20-4-2-1-3-19(20)21;1-3-2/h1-10,16H,11-15H2;1-2H3. The molecule has 0 atom stereocenters. The minimum absolute atomic E-state index is 0.476. The van der Waals surface area contributed by atoms with Gasteiger partial charge in [0, 0.05) is 68.8 Å². The lowest BCUT2D eigenvalue weighted by molar-refractivity contribution is 0.112. The molecular formula is C25H27N5O3. The van der Waals surface area contributed by atoms with Crippen molar-refractivity contribution in [1.82, 2.24) is 20.0 Å². The number of carbonyl (C=O) groups is 1. The molecule has 170 valence electrons. The van der Waals surface area contributed by atoms with Crippen LogP contribution in [0.25, 0.3) is 22.4 Å². The van der Waals surface area contributed by atoms with Gasteiger partial charge in [0.05, 0.1) is 12.1 Å². The number of carbonyl (C=O) groups excluding carboxylic acids is 1. The van der Waals surface area contributed by atoms with E-state index in [0.29, 0.717) is 23.8 Å². The maximum atomic E-state index is 10.8. The van der Waals surface area contributed by atoms with Crippen molar-refractivity contribution in [3.63, 3.8) is 0 Å². The lowest BCUT2D eigenvalue weighted by atomic mass is 10.1. The Balaban J connectivity index is 0.000000821. The highest BCUT2D eigenvalue weighted by Gasteiger charge is 2.20. The number of ether oxygens (including phenoxy) is 1. The van der Waals surface area contributed by atoms with Crippen LogP contribution in [0.2, 0.25) is 0 Å². The second-order valence-corrected chi connectivity index (χ2v) is 7.77. The van der Waals surface area contributed by atoms with Gasteiger partial charge in [-0.2, -0.15) is 4.98 Å². The van der Waals surface area contributed by atoms with E-state index in [1.807, 2.05) is 24.4 Å². The number of rotatable bonds is 5. The smallest absolute Gasteiger partial charge is 0.257 e. The highest BCUT2D eigenvalue weighted by atomic mass is 16.5. The SMILES string of the molecule is COC.O=Cc1ccc(-c2nc(CN3CCN(c4ccnc5ccccc45)CC3)no2)cc1. The summed E-state index contributed by atoms with van der Waals surface area (Å²) >= 11 is 0. The lowest BCUT2D eigenvalue weighted by Crippen LogP contribution is -2.46. The fraction of sp³-hybridized carbons (Fsp3) is 0.280. The molecule has 0 saturated carbocycles. The first-order chi connectivity index (χ1) is 16.2. The number of anilines is 1. The maximum Gasteiger partial charge on any atom is 0.257 e. The molecular weight excluding hydrogens is 418 g/mol. The van der Waals surface area contributed by atoms with E-state index in [4.69, 9.17) is 4.52 Å². The zero-order valence-corrected chi connectivity index (χ0v) is 18.8. The lowest BCUT2D eigenvalue weighted by Gasteiger charge is -2.36. The van der Waals surface area contributed by atoms with Crippen molar-refractivity contribution in [2.24, 2.45) is 0 Å². The number of para-hydroxylation sites is 1. The number of fused-ring (bicyclic) bond motifs is 1. The van der Waals surface area contributed by atoms with Gasteiger partial charge in [0.2, 0.25) is 0 Å². The molecule has 3 heterocycles. The van der Waals surface area contributed by atoms with Crippen LogP contribution < -0.4 is 4.90 Å². The van der Waals surface area contributed by atoms with Gasteiger partial charge in [-0.3, -0.25) is 14.7 Å². The van der Waals surface area contributed by atoms with Crippen LogP contribution in [0.4, 0.5) is 5.69 Å². The van der Waals surface area contributed by atoms with Gasteiger partial charge in [0.1, 0.15) is 6.29 Å². The molecule has 1 fully saturated rings. The van der Waals surface area contributed by atoms with E-state index in [1.165, 1.54) is 11.1 Å². The molecule has 1 aliphatic rings. The fourth-order valence-electron chi connectivity index (χ4n) is 3.84. The van der Waals surface area contributed by atoms with Crippen molar-refractivity contribution >= 4 is 22.9 Å². The predicted octanol–water partition coefficient (Wildman–Crippen LogP) is 3.68. The van der Waals surface area contributed by atoms with Gasteiger partial charge in [0.15, 0.2) is 5.82 Å². The number of aromatic nitrogens is 3. The molecule has 33 heavy (non-hydrogen) atoms. The van der Waals surface area contributed by atoms with Crippen molar-refractivity contribution in [3.05, 3.63) is 72.2 Å². The summed E-state index contributed by atoms with van der Waals surface area (Å²) < 4.78 is 9.66. The molecule has 0 radical (unpaired) electrons. The average Bonchev–Trinajstić information content (AvgIpc) is 3.33. The highest BCUT2D eigenvalue weighted by molar-refractivity contribution is 5.91. The number of nitrogens with zero attached hydrogens (tertiary/aromatic N) is 5. The number of hydrogen-bond donors (Lipinski definition) is 0. The molecule has 1 aliphatic heterocycles. The van der Waals surface area contributed by atoms with Crippen molar-refractivity contribution in [2.45, 2.75) is 6.54 Å². The van der Waals surface area contributed by atoms with E-state index in [-0.39, 0.29) is 0 Å². The predicted molar refractivity (Wildman–Crippen MR) is 127 cm³/mol. The zero-order chi connectivity index (χ0) is 23.0. The number of methoxy groups -OCH3 is 1. The summed E-state index contributed by atoms with van der Waals surface area (Å²) in [6, 6.07) is 17.5. The molecule has 0 spiro atoms. The van der Waals surface area contributed by atoms with Crippen LogP contribution in [0.1, 0.15) is 16.2 Å². The van der Waals surface area contributed by atoms with Gasteiger partial charge in [-0.1, -0.05) is 35.5 Å². The zero-order valence-electron chi connectivity index (χ0n) is 18.8. The van der Waals surface area contributed by atoms with Crippen LogP contribution in [0.5, 0.6) is 0 Å². The van der Waals surface area contributed by atoms with Crippen LogP contribution in [0, 0.1) is 0 Å². The summed E-state index contributed by atoms with van der Waals surface area (Å²) in [5, 5.41) is 5.32. The van der Waals surface area contributed by atoms with Crippen LogP contribution >= 0.6 is 0 Å². The molecule has 5 rings (SSSR count). The number of hydrogen-bond acceptors (Lipinski definition) is 8. The summed E-state index contributed by atoms with van der Waals surface area (Å²) in [6.45, 7) is 4.38. The Labute approximate surface area is 192 Å². The second kappa shape index (κ2) is 10.8. The van der Waals surface area contributed by atoms with Gasteiger partial charge >= 0.3 is 0 Å². The van der Waals surface area contributed by atoms with E-state index in [0.717, 1.165) is 43.5 Å². The first-order valence-electron chi connectivity index (χ1n) is 10.8. The summed E-state index contributed by atoms with van der Waals surface area (Å²) in [5.74, 6) is 1.15. The minimum atomic E-state index is 0.476. The van der Waals surface area contributed by atoms with Crippen molar-refractivity contribution < 1.29 is 14.1 Å². The Morgan fingerprint density at radius 1 is 1.00 bits per heavy atom. The van der Waals surface area contributed by atoms with E-state index >= 15 is 0 Å². The topological polar surface area (TPSA) is 84.6 Å². The van der Waals surface area contributed by atoms with Crippen LogP contribution in [0.15, 0.2) is 65.3 Å². The van der Waals surface area contributed by atoms with E-state index in [1.54, 1.807) is 26.4 Å². The molecule has 0 N–H and O–H groups in total. The molecule has 0 unspecified atom stereocenters. The summed E-state index contributed by atoms with van der Waals surface area (Å²) in [4.78, 5) is 24.5. The molecule has 8 nitrogen and oxygen atoms in total. The minimum Gasteiger partial charge on any atom is -0.388 e. The largest absolute Gasteiger partial charge is 0.388 e. The van der Waals surface area contributed by atoms with Gasteiger partial charge < -0.3 is 14.2 Å². The van der Waals surface area contributed by atoms with Crippen molar-refractivity contribution in [3.8, 4) is 11.5 Å². The fourth-order valence-corrected chi connectivity index (χ4v) is 3.84. The molecule has 2 aromatic heterocycles. The van der Waals surface area contributed by atoms with Crippen molar-refractivity contribution in [1.29, 1.82) is 0 Å². The van der Waals surface area contributed by atoms with Gasteiger partial charge in [-0.15, -0.1) is 0 Å². The number of piperazine rings is 1. The third kappa shape index (κ3) is 5.42. The molecule has 8 heteroatoms. The number of aldehydes is 1. The van der Waals surface area contributed by atoms with Crippen LogP contribution in [0.3, 0.4) is 0 Å². The molecule has 4 aromatic rings. The summed E-state index contributed by atoms with van der Waals surface area (Å²) in [6.07, 6.45) is 2.70. The second-order valence-electron chi connectivity index (χ2n) is 7.77. The summed E-state index contributed by atoms with van der Waals surface area (Å²) in [7, 11) is 3.25. The molecule has 0 aliphatic carbocycles. The molecule has 0 amide bonds. The van der Waals surface area contributed by atoms with Crippen LogP contribution in [-0.2, 0) is 11.3 Å².